The molecule has 0 unspecified atom stereocenters. The Labute approximate surface area is 124 Å². The van der Waals surface area contributed by atoms with Crippen molar-refractivity contribution in [2.24, 2.45) is 0 Å². The van der Waals surface area contributed by atoms with Gasteiger partial charge in [-0.1, -0.05) is 36.4 Å². The number of hydrogen-bond donors (Lipinski definition) is 3. The van der Waals surface area contributed by atoms with Crippen molar-refractivity contribution >= 4 is 5.91 Å². The zero-order valence-electron chi connectivity index (χ0n) is 12.1. The molecule has 0 aliphatic carbocycles. The summed E-state index contributed by atoms with van der Waals surface area (Å²) in [6, 6.07) is 15.4. The van der Waals surface area contributed by atoms with Gasteiger partial charge in [0, 0.05) is 25.7 Å². The normalized spacial score (nSPS) is 10.4. The number of nitrogens with one attached hydrogen (secondary N) is 2. The van der Waals surface area contributed by atoms with Crippen LogP contribution in [0.5, 0.6) is 0 Å². The first-order valence-corrected chi connectivity index (χ1v) is 6.93. The minimum absolute atomic E-state index is 0.0708. The van der Waals surface area contributed by atoms with Crippen molar-refractivity contribution in [3.8, 4) is 0 Å². The molecule has 4 nitrogen and oxygen atoms in total. The minimum atomic E-state index is -0.0708. The summed E-state index contributed by atoms with van der Waals surface area (Å²) in [7, 11) is 1.62. The van der Waals surface area contributed by atoms with Gasteiger partial charge >= 0.3 is 0 Å². The van der Waals surface area contributed by atoms with Gasteiger partial charge < -0.3 is 15.7 Å². The highest BCUT2D eigenvalue weighted by molar-refractivity contribution is 5.93. The van der Waals surface area contributed by atoms with E-state index in [2.05, 4.69) is 10.6 Å². The summed E-state index contributed by atoms with van der Waals surface area (Å²) in [5.41, 5.74) is 3.90. The van der Waals surface area contributed by atoms with Crippen LogP contribution in [0.2, 0.25) is 0 Å². The Morgan fingerprint density at radius 1 is 0.905 bits per heavy atom. The number of amides is 1. The number of hydrogen-bond acceptors (Lipinski definition) is 3. The summed E-state index contributed by atoms with van der Waals surface area (Å²) in [5, 5.41) is 14.9. The summed E-state index contributed by atoms with van der Waals surface area (Å²) in [6.45, 7) is 1.59. The van der Waals surface area contributed by atoms with E-state index < -0.39 is 0 Å². The fourth-order valence-electron chi connectivity index (χ4n) is 2.03. The molecule has 0 heterocycles. The topological polar surface area (TPSA) is 61.4 Å². The maximum Gasteiger partial charge on any atom is 0.251 e. The molecule has 2 rings (SSSR count). The Morgan fingerprint density at radius 2 is 1.38 bits per heavy atom. The number of aliphatic hydroxyl groups is 1. The van der Waals surface area contributed by atoms with Crippen LogP contribution in [0.4, 0.5) is 0 Å². The molecule has 110 valence electrons. The third kappa shape index (κ3) is 4.41. The molecular formula is C17H20N2O2. The van der Waals surface area contributed by atoms with E-state index in [9.17, 15) is 4.79 Å². The SMILES string of the molecule is CNC(=O)c1ccc(CNCc2ccc(CO)cc2)cc1. The van der Waals surface area contributed by atoms with Crippen molar-refractivity contribution in [2.45, 2.75) is 19.7 Å². The van der Waals surface area contributed by atoms with Gasteiger partial charge in [0.15, 0.2) is 0 Å². The largest absolute Gasteiger partial charge is 0.392 e. The van der Waals surface area contributed by atoms with Crippen molar-refractivity contribution in [1.29, 1.82) is 0 Å². The number of carbonyl (C=O) groups is 1. The second kappa shape index (κ2) is 7.57. The molecule has 0 saturated heterocycles. The van der Waals surface area contributed by atoms with Crippen LogP contribution in [0.25, 0.3) is 0 Å². The highest BCUT2D eigenvalue weighted by atomic mass is 16.3. The second-order valence-corrected chi connectivity index (χ2v) is 4.85. The van der Waals surface area contributed by atoms with Gasteiger partial charge in [0.1, 0.15) is 0 Å². The minimum Gasteiger partial charge on any atom is -0.392 e. The molecule has 4 heteroatoms. The van der Waals surface area contributed by atoms with Crippen LogP contribution in [-0.2, 0) is 19.7 Å². The van der Waals surface area contributed by atoms with Crippen LogP contribution in [0.1, 0.15) is 27.0 Å². The molecule has 0 aromatic heterocycles. The van der Waals surface area contributed by atoms with Crippen molar-refractivity contribution in [3.63, 3.8) is 0 Å². The highest BCUT2D eigenvalue weighted by Gasteiger charge is 2.02. The molecule has 0 atom stereocenters. The number of carbonyl (C=O) groups excluding carboxylic acids is 1. The Bertz CT molecular complexity index is 577. The molecule has 0 spiro atoms. The third-order valence-electron chi connectivity index (χ3n) is 3.31. The average molecular weight is 284 g/mol. The first kappa shape index (κ1) is 15.2. The van der Waals surface area contributed by atoms with Gasteiger partial charge in [-0.2, -0.15) is 0 Å². The maximum absolute atomic E-state index is 11.4. The Morgan fingerprint density at radius 3 is 1.86 bits per heavy atom. The van der Waals surface area contributed by atoms with Gasteiger partial charge in [-0.15, -0.1) is 0 Å². The summed E-state index contributed by atoms with van der Waals surface area (Å²) in [4.78, 5) is 11.4. The highest BCUT2D eigenvalue weighted by Crippen LogP contribution is 2.06. The Balaban J connectivity index is 1.83. The van der Waals surface area contributed by atoms with Crippen molar-refractivity contribution < 1.29 is 9.90 Å². The van der Waals surface area contributed by atoms with Crippen LogP contribution < -0.4 is 10.6 Å². The molecule has 2 aromatic carbocycles. The monoisotopic (exact) mass is 284 g/mol. The van der Waals surface area contributed by atoms with Crippen molar-refractivity contribution in [2.75, 3.05) is 7.05 Å². The molecule has 1 amide bonds. The number of rotatable bonds is 6. The van der Waals surface area contributed by atoms with E-state index in [0.29, 0.717) is 5.56 Å². The lowest BCUT2D eigenvalue weighted by molar-refractivity contribution is 0.0963. The first-order chi connectivity index (χ1) is 10.2. The van der Waals surface area contributed by atoms with E-state index in [1.165, 1.54) is 5.56 Å². The predicted octanol–water partition coefficient (Wildman–Crippen LogP) is 1.83. The van der Waals surface area contributed by atoms with E-state index in [1.807, 2.05) is 48.5 Å². The molecule has 2 aromatic rings. The molecule has 0 fully saturated rings. The molecular weight excluding hydrogens is 264 g/mol. The van der Waals surface area contributed by atoms with Crippen LogP contribution in [0.15, 0.2) is 48.5 Å². The van der Waals surface area contributed by atoms with Gasteiger partial charge in [-0.05, 0) is 28.8 Å². The van der Waals surface area contributed by atoms with E-state index in [1.54, 1.807) is 7.05 Å². The van der Waals surface area contributed by atoms with Gasteiger partial charge in [0.2, 0.25) is 0 Å². The summed E-state index contributed by atoms with van der Waals surface area (Å²) in [6.07, 6.45) is 0. The summed E-state index contributed by atoms with van der Waals surface area (Å²) in [5.74, 6) is -0.0708. The third-order valence-corrected chi connectivity index (χ3v) is 3.31. The first-order valence-electron chi connectivity index (χ1n) is 6.93. The van der Waals surface area contributed by atoms with E-state index in [0.717, 1.165) is 24.2 Å². The predicted molar refractivity (Wildman–Crippen MR) is 82.7 cm³/mol. The fraction of sp³-hybridized carbons (Fsp3) is 0.235. The zero-order valence-corrected chi connectivity index (χ0v) is 12.1. The van der Waals surface area contributed by atoms with Crippen LogP contribution in [-0.4, -0.2) is 18.1 Å². The van der Waals surface area contributed by atoms with Crippen LogP contribution in [0.3, 0.4) is 0 Å². The lowest BCUT2D eigenvalue weighted by Gasteiger charge is -2.07. The lowest BCUT2D eigenvalue weighted by atomic mass is 10.1. The van der Waals surface area contributed by atoms with E-state index in [4.69, 9.17) is 5.11 Å². The molecule has 0 radical (unpaired) electrons. The number of aliphatic hydroxyl groups excluding tert-OH is 1. The van der Waals surface area contributed by atoms with Crippen molar-refractivity contribution in [1.82, 2.24) is 10.6 Å². The Hall–Kier alpha value is -2.17. The van der Waals surface area contributed by atoms with Gasteiger partial charge in [-0.3, -0.25) is 4.79 Å². The van der Waals surface area contributed by atoms with E-state index >= 15 is 0 Å². The lowest BCUT2D eigenvalue weighted by Crippen LogP contribution is -2.18. The number of benzene rings is 2. The molecule has 0 aliphatic rings. The Kier molecular flexibility index (Phi) is 5.49. The summed E-state index contributed by atoms with van der Waals surface area (Å²) < 4.78 is 0. The zero-order chi connectivity index (χ0) is 15.1. The van der Waals surface area contributed by atoms with Crippen molar-refractivity contribution in [3.05, 3.63) is 70.8 Å². The summed E-state index contributed by atoms with van der Waals surface area (Å²) >= 11 is 0. The quantitative estimate of drug-likeness (QED) is 0.758. The van der Waals surface area contributed by atoms with Crippen LogP contribution >= 0.6 is 0 Å². The smallest absolute Gasteiger partial charge is 0.251 e. The molecule has 0 bridgehead atoms. The van der Waals surface area contributed by atoms with Gasteiger partial charge in [0.05, 0.1) is 6.61 Å². The molecule has 0 aliphatic heterocycles. The van der Waals surface area contributed by atoms with Gasteiger partial charge in [0.25, 0.3) is 5.91 Å². The van der Waals surface area contributed by atoms with Crippen LogP contribution in [0, 0.1) is 0 Å². The molecule has 3 N–H and O–H groups in total. The van der Waals surface area contributed by atoms with Gasteiger partial charge in [-0.25, -0.2) is 0 Å². The second-order valence-electron chi connectivity index (χ2n) is 4.85. The standard InChI is InChI=1S/C17H20N2O2/c1-18-17(21)16-8-6-14(7-9-16)11-19-10-13-2-4-15(12-20)5-3-13/h2-9,19-20H,10-12H2,1H3,(H,18,21). The molecule has 21 heavy (non-hydrogen) atoms. The fourth-order valence-corrected chi connectivity index (χ4v) is 2.03. The molecule has 0 saturated carbocycles. The van der Waals surface area contributed by atoms with E-state index in [-0.39, 0.29) is 12.5 Å². The average Bonchev–Trinajstić information content (AvgIpc) is 2.55. The maximum atomic E-state index is 11.4.